The number of carbonyl (C=O) groups excluding carboxylic acids is 3. The predicted octanol–water partition coefficient (Wildman–Crippen LogP) is -0.630. The quantitative estimate of drug-likeness (QED) is 0.656. The van der Waals surface area contributed by atoms with Crippen LogP contribution in [0, 0.1) is 0 Å². The first-order chi connectivity index (χ1) is 8.11. The number of aliphatic hydroxyl groups excluding tert-OH is 2. The van der Waals surface area contributed by atoms with Gasteiger partial charge in [-0.05, 0) is 0 Å². The molecule has 17 heavy (non-hydrogen) atoms. The molecule has 2 unspecified atom stereocenters. The fourth-order valence-corrected chi connectivity index (χ4v) is 1.42. The van der Waals surface area contributed by atoms with E-state index in [0.29, 0.717) is 0 Å². The molecule has 0 aliphatic heterocycles. The maximum Gasteiger partial charge on any atom is 0.281 e. The molecule has 6 radical (unpaired) electrons. The fraction of sp³-hybridized carbons (Fsp3) is 0.364. The zero-order valence-electron chi connectivity index (χ0n) is 9.01. The Labute approximate surface area is 109 Å². The van der Waals surface area contributed by atoms with Crippen molar-refractivity contribution >= 4 is 20.4 Å². The first kappa shape index (κ1) is 21.2. The van der Waals surface area contributed by atoms with Crippen LogP contribution in [0.1, 0.15) is 6.92 Å². The van der Waals surface area contributed by atoms with E-state index in [0.717, 1.165) is 5.57 Å². The maximum absolute atomic E-state index is 9.40. The second kappa shape index (κ2) is 13.0. The van der Waals surface area contributed by atoms with Crippen molar-refractivity contribution in [3.8, 4) is 0 Å². The third-order valence-electron chi connectivity index (χ3n) is 1.95. The molecule has 0 saturated heterocycles. The molecule has 0 aromatic heterocycles. The van der Waals surface area contributed by atoms with E-state index >= 15 is 0 Å². The Morgan fingerprint density at radius 3 is 1.94 bits per heavy atom. The minimum Gasteiger partial charge on any atom is -0.281 e. The Kier molecular flexibility index (Phi) is 16.2. The van der Waals surface area contributed by atoms with Crippen LogP contribution in [-0.2, 0) is 30.4 Å². The van der Waals surface area contributed by atoms with E-state index in [4.69, 9.17) is 19.5 Å². The van der Waals surface area contributed by atoms with Crippen molar-refractivity contribution in [1.82, 2.24) is 0 Å². The largest absolute Gasteiger partial charge is 0.281 e. The minimum atomic E-state index is -0.766. The smallest absolute Gasteiger partial charge is 0.281 e. The summed E-state index contributed by atoms with van der Waals surface area (Å²) in [5.74, 6) is 0. The van der Waals surface area contributed by atoms with Gasteiger partial charge in [0.15, 0.2) is 0 Å². The van der Waals surface area contributed by atoms with E-state index in [1.165, 1.54) is 0 Å². The average molecular weight is 278 g/mol. The van der Waals surface area contributed by atoms with Gasteiger partial charge < -0.3 is 0 Å². The van der Waals surface area contributed by atoms with Crippen molar-refractivity contribution in [2.45, 2.75) is 17.3 Å². The molecule has 0 bridgehead atoms. The monoisotopic (exact) mass is 278 g/mol. The Bertz CT molecular complexity index is 249. The van der Waals surface area contributed by atoms with Crippen LogP contribution in [-0.4, -0.2) is 43.3 Å². The zero-order valence-corrected chi connectivity index (χ0v) is 10.2. The van der Waals surface area contributed by atoms with Crippen molar-refractivity contribution in [2.24, 2.45) is 0 Å². The summed E-state index contributed by atoms with van der Waals surface area (Å²) >= 11 is 3.37. The van der Waals surface area contributed by atoms with Crippen molar-refractivity contribution in [3.05, 3.63) is 23.8 Å². The van der Waals surface area contributed by atoms with Crippen LogP contribution in [0.25, 0.3) is 0 Å². The van der Waals surface area contributed by atoms with E-state index < -0.39 is 10.4 Å². The van der Waals surface area contributed by atoms with Gasteiger partial charge in [0.1, 0.15) is 0 Å². The summed E-state index contributed by atoms with van der Waals surface area (Å²) in [5.41, 5.74) is 1.01. The van der Waals surface area contributed by atoms with E-state index in [1.54, 1.807) is 0 Å². The first-order valence-electron chi connectivity index (χ1n) is 4.07. The van der Waals surface area contributed by atoms with Crippen LogP contribution in [0.3, 0.4) is 0 Å². The Morgan fingerprint density at radius 2 is 1.71 bits per heavy atom. The fourth-order valence-electron chi connectivity index (χ4n) is 1.10. The van der Waals surface area contributed by atoms with Crippen LogP contribution < -0.4 is 0 Å². The molecule has 1 aliphatic rings. The average Bonchev–Trinajstić information content (AvgIpc) is 2.77. The zero-order chi connectivity index (χ0) is 14.5. The summed E-state index contributed by atoms with van der Waals surface area (Å²) in [6.45, 7) is 15.2. The molecule has 5 nitrogen and oxygen atoms in total. The first-order valence-corrected chi connectivity index (χ1v) is 4.66. The molecular formula is C11H11MnO5. The Balaban J connectivity index is -0.000000285. The third-order valence-corrected chi connectivity index (χ3v) is 3.00. The van der Waals surface area contributed by atoms with E-state index in [2.05, 4.69) is 36.4 Å². The van der Waals surface area contributed by atoms with Gasteiger partial charge in [0.2, 0.25) is 0 Å². The SMILES string of the molecule is CC1=CC=C[C]1([Mn])C(O)CO.[C]=O.[C]=O.[C]=O. The van der Waals surface area contributed by atoms with Crippen LogP contribution >= 0.6 is 0 Å². The number of allylic oxidation sites excluding steroid dienone is 2. The molecular weight excluding hydrogens is 267 g/mol. The molecule has 1 aliphatic carbocycles. The molecule has 92 valence electrons. The van der Waals surface area contributed by atoms with Gasteiger partial charge in [-0.15, -0.1) is 0 Å². The van der Waals surface area contributed by atoms with Gasteiger partial charge >= 0.3 is 74.0 Å². The maximum atomic E-state index is 9.40. The van der Waals surface area contributed by atoms with E-state index in [-0.39, 0.29) is 6.61 Å². The van der Waals surface area contributed by atoms with Crippen molar-refractivity contribution in [3.63, 3.8) is 0 Å². The molecule has 1 rings (SSSR count). The number of hydrogen-bond acceptors (Lipinski definition) is 5. The van der Waals surface area contributed by atoms with Crippen LogP contribution in [0.15, 0.2) is 23.8 Å². The van der Waals surface area contributed by atoms with Gasteiger partial charge in [-0.25, -0.2) is 0 Å². The topological polar surface area (TPSA) is 91.7 Å². The molecule has 6 heteroatoms. The second-order valence-corrected chi connectivity index (χ2v) is 3.65. The van der Waals surface area contributed by atoms with Gasteiger partial charge in [-0.3, -0.25) is 14.4 Å². The normalized spacial score (nSPS) is 21.5. The molecule has 0 amide bonds. The minimum absolute atomic E-state index is 0.235. The molecule has 0 fully saturated rings. The number of aliphatic hydroxyl groups is 2. The van der Waals surface area contributed by atoms with Crippen LogP contribution in [0.2, 0.25) is 4.31 Å². The van der Waals surface area contributed by atoms with Crippen LogP contribution in [0.5, 0.6) is 0 Å². The van der Waals surface area contributed by atoms with Gasteiger partial charge in [-0.1, -0.05) is 0 Å². The molecule has 0 aromatic rings. The van der Waals surface area contributed by atoms with Gasteiger partial charge in [0.25, 0.3) is 20.4 Å². The summed E-state index contributed by atoms with van der Waals surface area (Å²) in [6, 6.07) is 0. The van der Waals surface area contributed by atoms with Crippen molar-refractivity contribution in [2.75, 3.05) is 6.61 Å². The van der Waals surface area contributed by atoms with E-state index in [9.17, 15) is 5.11 Å². The molecule has 2 N–H and O–H groups in total. The Morgan fingerprint density at radius 1 is 1.29 bits per heavy atom. The summed E-state index contributed by atoms with van der Waals surface area (Å²) < 4.78 is -0.540. The second-order valence-electron chi connectivity index (χ2n) is 2.68. The summed E-state index contributed by atoms with van der Waals surface area (Å²) in [7, 11) is 0. The summed E-state index contributed by atoms with van der Waals surface area (Å²) in [5, 5.41) is 18.1. The molecule has 2 atom stereocenters. The summed E-state index contributed by atoms with van der Waals surface area (Å²) in [6.07, 6.45) is 4.84. The van der Waals surface area contributed by atoms with Crippen molar-refractivity contribution < 1.29 is 40.6 Å². The standard InChI is InChI=1S/C8H11O2.3CO.Mn/c1-6-3-2-4-7(6)8(10)5-9;3*1-2;/h2-4,8-10H,5H2,1H3;;;;. The molecule has 0 saturated carbocycles. The number of hydrogen-bond donors (Lipinski definition) is 2. The predicted molar refractivity (Wildman–Crippen MR) is 55.8 cm³/mol. The third kappa shape index (κ3) is 6.28. The van der Waals surface area contributed by atoms with Gasteiger partial charge in [0.05, 0.1) is 0 Å². The molecule has 0 heterocycles. The molecule has 0 spiro atoms. The van der Waals surface area contributed by atoms with E-state index in [1.807, 2.05) is 25.2 Å². The van der Waals surface area contributed by atoms with Crippen LogP contribution in [0.4, 0.5) is 0 Å². The summed E-state index contributed by atoms with van der Waals surface area (Å²) in [4.78, 5) is 22.5. The van der Waals surface area contributed by atoms with Gasteiger partial charge in [-0.2, -0.15) is 0 Å². The van der Waals surface area contributed by atoms with Gasteiger partial charge in [0, 0.05) is 0 Å². The Hall–Kier alpha value is -1.07. The molecule has 0 aromatic carbocycles. The number of rotatable bonds is 2. The van der Waals surface area contributed by atoms with Crippen molar-refractivity contribution in [1.29, 1.82) is 0 Å².